The first-order valence-corrected chi connectivity index (χ1v) is 6.82. The Kier molecular flexibility index (Phi) is 4.74. The van der Waals surface area contributed by atoms with Crippen molar-refractivity contribution >= 4 is 0 Å². The van der Waals surface area contributed by atoms with Crippen LogP contribution in [0, 0.1) is 5.82 Å². The van der Waals surface area contributed by atoms with E-state index in [9.17, 15) is 4.39 Å². The molecule has 0 saturated heterocycles. The maximum Gasteiger partial charge on any atom is 0.136 e. The predicted molar refractivity (Wildman–Crippen MR) is 79.4 cm³/mol. The minimum atomic E-state index is -0.266. The quantitative estimate of drug-likeness (QED) is 0.892. The average Bonchev–Trinajstić information content (AvgIpc) is 2.46. The highest BCUT2D eigenvalue weighted by atomic mass is 19.1. The maximum absolute atomic E-state index is 13.0. The van der Waals surface area contributed by atoms with E-state index in [-0.39, 0.29) is 11.9 Å². The van der Waals surface area contributed by atoms with E-state index in [0.717, 1.165) is 11.3 Å². The monoisotopic (exact) mass is 273 g/mol. The van der Waals surface area contributed by atoms with Crippen molar-refractivity contribution in [2.75, 3.05) is 6.54 Å². The highest BCUT2D eigenvalue weighted by molar-refractivity contribution is 5.31. The van der Waals surface area contributed by atoms with Crippen LogP contribution in [-0.2, 0) is 0 Å². The van der Waals surface area contributed by atoms with Gasteiger partial charge in [0.25, 0.3) is 0 Å². The lowest BCUT2D eigenvalue weighted by Gasteiger charge is -2.19. The number of rotatable bonds is 5. The Bertz CT molecular complexity index is 551. The lowest BCUT2D eigenvalue weighted by Crippen LogP contribution is -2.18. The number of ether oxygens (including phenoxy) is 1. The van der Waals surface area contributed by atoms with E-state index in [1.165, 1.54) is 17.7 Å². The molecule has 0 aliphatic rings. The Balaban J connectivity index is 2.17. The van der Waals surface area contributed by atoms with Crippen molar-refractivity contribution in [3.8, 4) is 5.75 Å². The molecule has 0 spiro atoms. The molecule has 0 saturated carbocycles. The molecule has 1 atom stereocenters. The standard InChI is InChI=1S/C17H20FNO/c1-12(2)14-4-3-5-16(10-14)20-17(11-19)13-6-8-15(18)9-7-13/h3-10,12,17H,11,19H2,1-2H3. The number of hydrogen-bond donors (Lipinski definition) is 1. The van der Waals surface area contributed by atoms with Crippen LogP contribution in [0.5, 0.6) is 5.75 Å². The van der Waals surface area contributed by atoms with Crippen LogP contribution in [0.15, 0.2) is 48.5 Å². The van der Waals surface area contributed by atoms with Crippen molar-refractivity contribution in [1.29, 1.82) is 0 Å². The highest BCUT2D eigenvalue weighted by Gasteiger charge is 2.12. The van der Waals surface area contributed by atoms with Crippen molar-refractivity contribution < 1.29 is 9.13 Å². The Hall–Kier alpha value is -1.87. The normalized spacial score (nSPS) is 12.4. The summed E-state index contributed by atoms with van der Waals surface area (Å²) in [5.41, 5.74) is 7.87. The van der Waals surface area contributed by atoms with Gasteiger partial charge in [-0.25, -0.2) is 4.39 Å². The van der Waals surface area contributed by atoms with Gasteiger partial charge in [0.1, 0.15) is 17.7 Å². The molecule has 0 amide bonds. The van der Waals surface area contributed by atoms with E-state index in [2.05, 4.69) is 19.9 Å². The second-order valence-electron chi connectivity index (χ2n) is 5.12. The van der Waals surface area contributed by atoms with Gasteiger partial charge in [0.15, 0.2) is 0 Å². The van der Waals surface area contributed by atoms with Gasteiger partial charge in [0.2, 0.25) is 0 Å². The van der Waals surface area contributed by atoms with Crippen LogP contribution in [0.1, 0.15) is 37.0 Å². The second-order valence-corrected chi connectivity index (χ2v) is 5.12. The summed E-state index contributed by atoms with van der Waals surface area (Å²) >= 11 is 0. The van der Waals surface area contributed by atoms with E-state index < -0.39 is 0 Å². The smallest absolute Gasteiger partial charge is 0.136 e. The Morgan fingerprint density at radius 2 is 1.75 bits per heavy atom. The first-order valence-electron chi connectivity index (χ1n) is 6.82. The van der Waals surface area contributed by atoms with Gasteiger partial charge in [0.05, 0.1) is 0 Å². The molecule has 2 nitrogen and oxygen atoms in total. The van der Waals surface area contributed by atoms with Crippen molar-refractivity contribution in [2.45, 2.75) is 25.9 Å². The van der Waals surface area contributed by atoms with Crippen molar-refractivity contribution in [3.05, 3.63) is 65.5 Å². The van der Waals surface area contributed by atoms with E-state index in [4.69, 9.17) is 10.5 Å². The fourth-order valence-corrected chi connectivity index (χ4v) is 2.04. The third kappa shape index (κ3) is 3.58. The SMILES string of the molecule is CC(C)c1cccc(OC(CN)c2ccc(F)cc2)c1. The van der Waals surface area contributed by atoms with Gasteiger partial charge in [-0.3, -0.25) is 0 Å². The molecule has 0 radical (unpaired) electrons. The molecule has 0 fully saturated rings. The van der Waals surface area contributed by atoms with Crippen LogP contribution < -0.4 is 10.5 Å². The van der Waals surface area contributed by atoms with Gasteiger partial charge in [-0.1, -0.05) is 38.1 Å². The molecule has 20 heavy (non-hydrogen) atoms. The number of nitrogens with two attached hydrogens (primary N) is 1. The molecule has 3 heteroatoms. The van der Waals surface area contributed by atoms with Crippen LogP contribution >= 0.6 is 0 Å². The first-order chi connectivity index (χ1) is 9.60. The molecule has 106 valence electrons. The number of hydrogen-bond acceptors (Lipinski definition) is 2. The van der Waals surface area contributed by atoms with E-state index in [0.29, 0.717) is 12.5 Å². The molecular weight excluding hydrogens is 253 g/mol. The third-order valence-corrected chi connectivity index (χ3v) is 3.26. The highest BCUT2D eigenvalue weighted by Crippen LogP contribution is 2.25. The van der Waals surface area contributed by atoms with Crippen molar-refractivity contribution in [1.82, 2.24) is 0 Å². The maximum atomic E-state index is 13.0. The molecular formula is C17H20FNO. The van der Waals surface area contributed by atoms with Gasteiger partial charge >= 0.3 is 0 Å². The lowest BCUT2D eigenvalue weighted by molar-refractivity contribution is 0.214. The van der Waals surface area contributed by atoms with E-state index >= 15 is 0 Å². The molecule has 2 aromatic rings. The van der Waals surface area contributed by atoms with Gasteiger partial charge in [-0.15, -0.1) is 0 Å². The topological polar surface area (TPSA) is 35.2 Å². The fourth-order valence-electron chi connectivity index (χ4n) is 2.04. The molecule has 0 heterocycles. The van der Waals surface area contributed by atoms with Crippen LogP contribution in [0.3, 0.4) is 0 Å². The zero-order valence-corrected chi connectivity index (χ0v) is 11.8. The van der Waals surface area contributed by atoms with Crippen LogP contribution in [-0.4, -0.2) is 6.54 Å². The summed E-state index contributed by atoms with van der Waals surface area (Å²) in [4.78, 5) is 0. The van der Waals surface area contributed by atoms with Gasteiger partial charge in [-0.05, 0) is 41.3 Å². The predicted octanol–water partition coefficient (Wildman–Crippen LogP) is 4.03. The van der Waals surface area contributed by atoms with Gasteiger partial charge in [-0.2, -0.15) is 0 Å². The van der Waals surface area contributed by atoms with Gasteiger partial charge in [0, 0.05) is 6.54 Å². The summed E-state index contributed by atoms with van der Waals surface area (Å²) in [7, 11) is 0. The van der Waals surface area contributed by atoms with Crippen molar-refractivity contribution in [3.63, 3.8) is 0 Å². The first kappa shape index (κ1) is 14.5. The molecule has 1 unspecified atom stereocenters. The summed E-state index contributed by atoms with van der Waals surface area (Å²) in [5.74, 6) is 0.975. The molecule has 0 bridgehead atoms. The number of halogens is 1. The van der Waals surface area contributed by atoms with Crippen LogP contribution in [0.25, 0.3) is 0 Å². The number of benzene rings is 2. The Labute approximate surface area is 119 Å². The minimum absolute atomic E-state index is 0.258. The van der Waals surface area contributed by atoms with Gasteiger partial charge < -0.3 is 10.5 Å². The summed E-state index contributed by atoms with van der Waals surface area (Å²) in [6, 6.07) is 14.3. The van der Waals surface area contributed by atoms with Crippen LogP contribution in [0.4, 0.5) is 4.39 Å². The van der Waals surface area contributed by atoms with Crippen LogP contribution in [0.2, 0.25) is 0 Å². The Morgan fingerprint density at radius 1 is 1.05 bits per heavy atom. The summed E-state index contributed by atoms with van der Waals surface area (Å²) < 4.78 is 18.9. The second kappa shape index (κ2) is 6.53. The molecule has 2 aromatic carbocycles. The Morgan fingerprint density at radius 3 is 2.35 bits per heavy atom. The fraction of sp³-hybridized carbons (Fsp3) is 0.294. The molecule has 0 aliphatic carbocycles. The minimum Gasteiger partial charge on any atom is -0.484 e. The lowest BCUT2D eigenvalue weighted by atomic mass is 10.0. The zero-order chi connectivity index (χ0) is 14.5. The molecule has 0 aliphatic heterocycles. The third-order valence-electron chi connectivity index (χ3n) is 3.26. The molecule has 0 aromatic heterocycles. The summed E-state index contributed by atoms with van der Waals surface area (Å²) in [6.07, 6.45) is -0.266. The molecule has 2 rings (SSSR count). The van der Waals surface area contributed by atoms with E-state index in [1.54, 1.807) is 12.1 Å². The summed E-state index contributed by atoms with van der Waals surface area (Å²) in [6.45, 7) is 4.62. The van der Waals surface area contributed by atoms with E-state index in [1.807, 2.05) is 18.2 Å². The largest absolute Gasteiger partial charge is 0.484 e. The van der Waals surface area contributed by atoms with Crippen molar-refractivity contribution in [2.24, 2.45) is 5.73 Å². The molecule has 2 N–H and O–H groups in total. The zero-order valence-electron chi connectivity index (χ0n) is 11.8. The summed E-state index contributed by atoms with van der Waals surface area (Å²) in [5, 5.41) is 0. The average molecular weight is 273 g/mol.